The number of rotatable bonds is 3. The van der Waals surface area contributed by atoms with E-state index >= 15 is 0 Å². The van der Waals surface area contributed by atoms with Crippen LogP contribution in [0.3, 0.4) is 0 Å². The Morgan fingerprint density at radius 3 is 1.92 bits per heavy atom. The first kappa shape index (κ1) is 15.3. The third-order valence-electron chi connectivity index (χ3n) is 2.41. The van der Waals surface area contributed by atoms with Crippen molar-refractivity contribution < 1.29 is 23.3 Å². The van der Waals surface area contributed by atoms with E-state index in [1.807, 2.05) is 0 Å². The van der Waals surface area contributed by atoms with Crippen LogP contribution >= 0.6 is 0 Å². The summed E-state index contributed by atoms with van der Waals surface area (Å²) >= 11 is 0. The molecular formula is C9H21LiOSi. The molecule has 0 N–H and O–H groups in total. The molecule has 0 saturated heterocycles. The minimum atomic E-state index is -1.47. The van der Waals surface area contributed by atoms with Crippen molar-refractivity contribution in [3.05, 3.63) is 6.92 Å². The summed E-state index contributed by atoms with van der Waals surface area (Å²) in [5.74, 6) is 0. The summed E-state index contributed by atoms with van der Waals surface area (Å²) in [6.45, 7) is 15.9. The van der Waals surface area contributed by atoms with Gasteiger partial charge in [0.05, 0.1) is 0 Å². The monoisotopic (exact) mass is 180 g/mol. The molecular weight excluding hydrogens is 159 g/mol. The van der Waals surface area contributed by atoms with Crippen molar-refractivity contribution in [2.24, 2.45) is 0 Å². The standard InChI is InChI=1S/C9H21OSi.Li/c1-7-8-10-11(5,6)9(2,3)4;/h1,7-8H2,2-6H3;/q-1;+1. The normalized spacial score (nSPS) is 12.5. The van der Waals surface area contributed by atoms with Gasteiger partial charge >= 0.3 is 18.9 Å². The molecule has 0 radical (unpaired) electrons. The van der Waals surface area contributed by atoms with E-state index in [4.69, 9.17) is 4.43 Å². The molecule has 0 aliphatic rings. The van der Waals surface area contributed by atoms with Gasteiger partial charge in [-0.05, 0) is 18.1 Å². The van der Waals surface area contributed by atoms with Gasteiger partial charge in [0.25, 0.3) is 0 Å². The number of hydrogen-bond donors (Lipinski definition) is 0. The summed E-state index contributed by atoms with van der Waals surface area (Å²) in [4.78, 5) is 0. The fourth-order valence-electron chi connectivity index (χ4n) is 0.544. The maximum atomic E-state index is 5.82. The van der Waals surface area contributed by atoms with Crippen molar-refractivity contribution >= 4 is 8.32 Å². The average molecular weight is 180 g/mol. The summed E-state index contributed by atoms with van der Waals surface area (Å²) in [5, 5.41) is 0.335. The molecule has 0 bridgehead atoms. The van der Waals surface area contributed by atoms with Crippen LogP contribution in [0, 0.1) is 6.92 Å². The van der Waals surface area contributed by atoms with E-state index in [9.17, 15) is 0 Å². The SMILES string of the molecule is [CH2-]CCO[Si](C)(C)C(C)(C)C.[Li+]. The fraction of sp³-hybridized carbons (Fsp3) is 0.889. The van der Waals surface area contributed by atoms with E-state index in [0.29, 0.717) is 5.04 Å². The topological polar surface area (TPSA) is 9.23 Å². The van der Waals surface area contributed by atoms with Crippen LogP contribution in [0.2, 0.25) is 18.1 Å². The molecule has 0 aromatic rings. The first-order valence-electron chi connectivity index (χ1n) is 4.24. The van der Waals surface area contributed by atoms with E-state index in [1.165, 1.54) is 0 Å². The van der Waals surface area contributed by atoms with Crippen LogP contribution in [0.25, 0.3) is 0 Å². The van der Waals surface area contributed by atoms with E-state index < -0.39 is 8.32 Å². The van der Waals surface area contributed by atoms with Crippen molar-refractivity contribution in [2.75, 3.05) is 6.61 Å². The maximum Gasteiger partial charge on any atom is 1.00 e. The van der Waals surface area contributed by atoms with Crippen molar-refractivity contribution in [3.63, 3.8) is 0 Å². The van der Waals surface area contributed by atoms with Gasteiger partial charge in [0, 0.05) is 6.61 Å². The molecule has 12 heavy (non-hydrogen) atoms. The van der Waals surface area contributed by atoms with Gasteiger partial charge in [0.1, 0.15) is 0 Å². The predicted octanol–water partition coefficient (Wildman–Crippen LogP) is 0.236. The second-order valence-corrected chi connectivity index (χ2v) is 9.27. The largest absolute Gasteiger partial charge is 1.00 e. The first-order valence-corrected chi connectivity index (χ1v) is 7.15. The molecule has 0 spiro atoms. The molecule has 0 aromatic carbocycles. The third-order valence-corrected chi connectivity index (χ3v) is 6.95. The van der Waals surface area contributed by atoms with Crippen LogP contribution in [0.5, 0.6) is 0 Å². The molecule has 0 aliphatic carbocycles. The first-order chi connectivity index (χ1) is 4.81. The molecule has 0 fully saturated rings. The number of hydrogen-bond acceptors (Lipinski definition) is 1. The van der Waals surface area contributed by atoms with Gasteiger partial charge in [0.15, 0.2) is 8.32 Å². The second-order valence-electron chi connectivity index (χ2n) is 4.46. The maximum absolute atomic E-state index is 5.82. The molecule has 3 heteroatoms. The smallest absolute Gasteiger partial charge is 0.419 e. The Hall–Kier alpha value is 0.774. The van der Waals surface area contributed by atoms with E-state index in [-0.39, 0.29) is 18.9 Å². The Kier molecular flexibility index (Phi) is 6.98. The Bertz CT molecular complexity index is 118. The average Bonchev–Trinajstić information content (AvgIpc) is 1.81. The molecule has 0 amide bonds. The third kappa shape index (κ3) is 4.72. The Labute approximate surface area is 90.6 Å². The molecule has 0 aromatic heterocycles. The second kappa shape index (κ2) is 5.49. The molecule has 68 valence electrons. The van der Waals surface area contributed by atoms with Gasteiger partial charge in [0.2, 0.25) is 0 Å². The van der Waals surface area contributed by atoms with Gasteiger partial charge in [-0.25, -0.2) is 0 Å². The zero-order valence-corrected chi connectivity index (χ0v) is 10.5. The minimum absolute atomic E-state index is 0. The molecule has 0 saturated carbocycles. The summed E-state index contributed by atoms with van der Waals surface area (Å²) < 4.78 is 5.82. The molecule has 0 atom stereocenters. The van der Waals surface area contributed by atoms with Crippen LogP contribution in [-0.2, 0) is 4.43 Å². The van der Waals surface area contributed by atoms with Gasteiger partial charge < -0.3 is 11.3 Å². The molecule has 0 unspecified atom stereocenters. The zero-order chi connectivity index (χ0) is 9.12. The molecule has 1 nitrogen and oxygen atoms in total. The van der Waals surface area contributed by atoms with Crippen molar-refractivity contribution in [1.29, 1.82) is 0 Å². The minimum Gasteiger partial charge on any atom is -0.419 e. The quantitative estimate of drug-likeness (QED) is 0.446. The molecule has 0 heterocycles. The van der Waals surface area contributed by atoms with Gasteiger partial charge in [-0.15, -0.1) is 0 Å². The summed E-state index contributed by atoms with van der Waals surface area (Å²) in [6.07, 6.45) is 0.881. The van der Waals surface area contributed by atoms with Crippen LogP contribution < -0.4 is 18.9 Å². The van der Waals surface area contributed by atoms with Crippen molar-refractivity contribution in [1.82, 2.24) is 0 Å². The van der Waals surface area contributed by atoms with Gasteiger partial charge in [-0.3, -0.25) is 0 Å². The fourth-order valence-corrected chi connectivity index (χ4v) is 1.63. The van der Waals surface area contributed by atoms with E-state index in [1.54, 1.807) is 0 Å². The van der Waals surface area contributed by atoms with Crippen LogP contribution in [0.1, 0.15) is 27.2 Å². The zero-order valence-electron chi connectivity index (χ0n) is 9.53. The van der Waals surface area contributed by atoms with Crippen LogP contribution in [-0.4, -0.2) is 14.9 Å². The van der Waals surface area contributed by atoms with E-state index in [2.05, 4.69) is 40.8 Å². The van der Waals surface area contributed by atoms with Crippen LogP contribution in [0.15, 0.2) is 0 Å². The van der Waals surface area contributed by atoms with Crippen LogP contribution in [0.4, 0.5) is 0 Å². The summed E-state index contributed by atoms with van der Waals surface area (Å²) in [6, 6.07) is 0. The van der Waals surface area contributed by atoms with Gasteiger partial charge in [-0.2, -0.15) is 6.42 Å². The van der Waals surface area contributed by atoms with Crippen molar-refractivity contribution in [3.8, 4) is 0 Å². The summed E-state index contributed by atoms with van der Waals surface area (Å²) in [5.41, 5.74) is 0. The summed E-state index contributed by atoms with van der Waals surface area (Å²) in [7, 11) is -1.47. The Balaban J connectivity index is 0. The van der Waals surface area contributed by atoms with Gasteiger partial charge in [-0.1, -0.05) is 20.8 Å². The Morgan fingerprint density at radius 2 is 1.67 bits per heavy atom. The van der Waals surface area contributed by atoms with E-state index in [0.717, 1.165) is 13.0 Å². The van der Waals surface area contributed by atoms with Crippen molar-refractivity contribution in [2.45, 2.75) is 45.3 Å². The molecule has 0 rings (SSSR count). The Morgan fingerprint density at radius 1 is 1.25 bits per heavy atom. The molecule has 0 aliphatic heterocycles. The predicted molar refractivity (Wildman–Crippen MR) is 53.1 cm³/mol.